The van der Waals surface area contributed by atoms with E-state index in [0.29, 0.717) is 12.3 Å². The van der Waals surface area contributed by atoms with Gasteiger partial charge in [0.2, 0.25) is 11.6 Å². The fraction of sp³-hybridized carbons (Fsp3) is 0.273. The monoisotopic (exact) mass is 407 g/mol. The fourth-order valence-corrected chi connectivity index (χ4v) is 2.92. The summed E-state index contributed by atoms with van der Waals surface area (Å²) < 4.78 is 5.65. The van der Waals surface area contributed by atoms with Crippen LogP contribution in [-0.4, -0.2) is 21.5 Å². The highest BCUT2D eigenvalue weighted by molar-refractivity contribution is 5.77. The average Bonchev–Trinajstić information content (AvgIpc) is 2.75. The molecular formula is C22H25N5O3. The molecule has 30 heavy (non-hydrogen) atoms. The molecule has 2 aromatic carbocycles. The van der Waals surface area contributed by atoms with Gasteiger partial charge in [-0.3, -0.25) is 10.1 Å². The molecule has 3 aromatic rings. The van der Waals surface area contributed by atoms with Crippen molar-refractivity contribution >= 4 is 28.7 Å². The number of nitro groups is 1. The second-order valence-electron chi connectivity index (χ2n) is 6.66. The average molecular weight is 407 g/mol. The van der Waals surface area contributed by atoms with E-state index in [9.17, 15) is 10.1 Å². The topological polar surface area (TPSA) is 102 Å². The Hall–Kier alpha value is -3.68. The molecule has 2 N–H and O–H groups in total. The number of unbranched alkanes of at least 4 members (excludes halogenated alkanes) is 1. The first-order chi connectivity index (χ1) is 14.6. The van der Waals surface area contributed by atoms with Crippen molar-refractivity contribution in [3.05, 3.63) is 70.5 Å². The van der Waals surface area contributed by atoms with E-state index in [1.807, 2.05) is 43.3 Å². The first-order valence-electron chi connectivity index (χ1n) is 9.96. The summed E-state index contributed by atoms with van der Waals surface area (Å²) in [5, 5.41) is 17.9. The highest BCUT2D eigenvalue weighted by Crippen LogP contribution is 2.34. The molecule has 1 heterocycles. The zero-order valence-corrected chi connectivity index (χ0v) is 17.1. The van der Waals surface area contributed by atoms with Crippen LogP contribution in [0, 0.1) is 10.1 Å². The SMILES string of the molecule is CCCCOc1ccc(Nc2ncnc(Nc3ccccc3CC)c2[N+](=O)[O-])cc1. The number of benzene rings is 2. The minimum atomic E-state index is -0.485. The molecule has 0 aliphatic carbocycles. The van der Waals surface area contributed by atoms with Gasteiger partial charge in [-0.05, 0) is 48.7 Å². The van der Waals surface area contributed by atoms with Crippen LogP contribution in [0.1, 0.15) is 32.3 Å². The number of aryl methyl sites for hydroxylation is 1. The van der Waals surface area contributed by atoms with Crippen LogP contribution < -0.4 is 15.4 Å². The smallest absolute Gasteiger partial charge is 0.353 e. The number of para-hydroxylation sites is 1. The van der Waals surface area contributed by atoms with E-state index in [-0.39, 0.29) is 17.3 Å². The van der Waals surface area contributed by atoms with Crippen LogP contribution in [0.2, 0.25) is 0 Å². The lowest BCUT2D eigenvalue weighted by atomic mass is 10.1. The van der Waals surface area contributed by atoms with Crippen LogP contribution in [0.25, 0.3) is 0 Å². The summed E-state index contributed by atoms with van der Waals surface area (Å²) in [6.45, 7) is 4.79. The summed E-state index contributed by atoms with van der Waals surface area (Å²) in [6.07, 6.45) is 4.15. The Balaban J connectivity index is 1.83. The van der Waals surface area contributed by atoms with Crippen molar-refractivity contribution in [2.45, 2.75) is 33.1 Å². The van der Waals surface area contributed by atoms with E-state index < -0.39 is 4.92 Å². The van der Waals surface area contributed by atoms with Gasteiger partial charge in [-0.25, -0.2) is 9.97 Å². The van der Waals surface area contributed by atoms with Crippen LogP contribution in [0.5, 0.6) is 5.75 Å². The lowest BCUT2D eigenvalue weighted by Gasteiger charge is -2.12. The zero-order valence-electron chi connectivity index (χ0n) is 17.1. The number of aromatic nitrogens is 2. The molecule has 0 aliphatic heterocycles. The Morgan fingerprint density at radius 1 is 1.00 bits per heavy atom. The van der Waals surface area contributed by atoms with Gasteiger partial charge in [0.1, 0.15) is 12.1 Å². The standard InChI is InChI=1S/C22H25N5O3/c1-3-5-14-30-18-12-10-17(11-13-18)25-21-20(27(28)29)22(24-15-23-21)26-19-9-7-6-8-16(19)4-2/h6-13,15H,3-5,14H2,1-2H3,(H2,23,24,25,26). The molecule has 3 rings (SSSR count). The maximum Gasteiger partial charge on any atom is 0.353 e. The molecule has 0 radical (unpaired) electrons. The minimum Gasteiger partial charge on any atom is -0.494 e. The second kappa shape index (κ2) is 10.2. The number of rotatable bonds is 10. The third kappa shape index (κ3) is 5.22. The van der Waals surface area contributed by atoms with Crippen molar-refractivity contribution in [2.75, 3.05) is 17.2 Å². The summed E-state index contributed by atoms with van der Waals surface area (Å²) in [6, 6.07) is 14.9. The molecule has 0 fully saturated rings. The van der Waals surface area contributed by atoms with Crippen LogP contribution in [0.4, 0.5) is 28.7 Å². The first-order valence-corrected chi connectivity index (χ1v) is 9.96. The number of nitrogens with one attached hydrogen (secondary N) is 2. The maximum atomic E-state index is 11.8. The molecule has 8 heteroatoms. The van der Waals surface area contributed by atoms with Gasteiger partial charge in [0.15, 0.2) is 0 Å². The molecule has 0 amide bonds. The van der Waals surface area contributed by atoms with Gasteiger partial charge in [-0.2, -0.15) is 0 Å². The number of hydrogen-bond acceptors (Lipinski definition) is 7. The molecule has 0 atom stereocenters. The summed E-state index contributed by atoms with van der Waals surface area (Å²) in [5.41, 5.74) is 2.27. The summed E-state index contributed by atoms with van der Waals surface area (Å²) in [4.78, 5) is 19.5. The van der Waals surface area contributed by atoms with E-state index in [1.54, 1.807) is 12.1 Å². The van der Waals surface area contributed by atoms with Crippen LogP contribution in [0.15, 0.2) is 54.9 Å². The Kier molecular flexibility index (Phi) is 7.15. The highest BCUT2D eigenvalue weighted by Gasteiger charge is 2.23. The molecule has 0 aliphatic rings. The zero-order chi connectivity index (χ0) is 21.3. The van der Waals surface area contributed by atoms with E-state index in [1.165, 1.54) is 6.33 Å². The van der Waals surface area contributed by atoms with E-state index >= 15 is 0 Å². The Labute approximate surface area is 175 Å². The van der Waals surface area contributed by atoms with Crippen molar-refractivity contribution in [3.8, 4) is 5.75 Å². The van der Waals surface area contributed by atoms with Crippen molar-refractivity contribution in [1.82, 2.24) is 9.97 Å². The van der Waals surface area contributed by atoms with Gasteiger partial charge < -0.3 is 15.4 Å². The highest BCUT2D eigenvalue weighted by atomic mass is 16.6. The lowest BCUT2D eigenvalue weighted by molar-refractivity contribution is -0.383. The van der Waals surface area contributed by atoms with E-state index in [2.05, 4.69) is 27.5 Å². The van der Waals surface area contributed by atoms with Crippen molar-refractivity contribution in [2.24, 2.45) is 0 Å². The predicted octanol–water partition coefficient (Wildman–Crippen LogP) is 5.61. The van der Waals surface area contributed by atoms with Gasteiger partial charge in [-0.1, -0.05) is 38.5 Å². The largest absolute Gasteiger partial charge is 0.494 e. The Morgan fingerprint density at radius 2 is 1.70 bits per heavy atom. The van der Waals surface area contributed by atoms with Crippen molar-refractivity contribution in [3.63, 3.8) is 0 Å². The minimum absolute atomic E-state index is 0.117. The van der Waals surface area contributed by atoms with Crippen LogP contribution >= 0.6 is 0 Å². The number of ether oxygens (including phenoxy) is 1. The third-order valence-corrected chi connectivity index (χ3v) is 4.54. The quantitative estimate of drug-likeness (QED) is 0.256. The van der Waals surface area contributed by atoms with Crippen LogP contribution in [-0.2, 0) is 6.42 Å². The second-order valence-corrected chi connectivity index (χ2v) is 6.66. The van der Waals surface area contributed by atoms with E-state index in [0.717, 1.165) is 36.3 Å². The molecule has 0 spiro atoms. The van der Waals surface area contributed by atoms with E-state index in [4.69, 9.17) is 4.74 Å². The summed E-state index contributed by atoms with van der Waals surface area (Å²) >= 11 is 0. The number of nitrogens with zero attached hydrogens (tertiary/aromatic N) is 3. The molecule has 8 nitrogen and oxygen atoms in total. The normalized spacial score (nSPS) is 10.5. The molecule has 0 saturated carbocycles. The molecular weight excluding hydrogens is 382 g/mol. The van der Waals surface area contributed by atoms with Gasteiger partial charge in [-0.15, -0.1) is 0 Å². The fourth-order valence-electron chi connectivity index (χ4n) is 2.92. The molecule has 0 unspecified atom stereocenters. The lowest BCUT2D eigenvalue weighted by Crippen LogP contribution is -2.06. The van der Waals surface area contributed by atoms with Gasteiger partial charge in [0.05, 0.1) is 11.5 Å². The Bertz CT molecular complexity index is 992. The van der Waals surface area contributed by atoms with Crippen molar-refractivity contribution < 1.29 is 9.66 Å². The Morgan fingerprint density at radius 3 is 2.37 bits per heavy atom. The molecule has 1 aromatic heterocycles. The molecule has 156 valence electrons. The van der Waals surface area contributed by atoms with Crippen LogP contribution in [0.3, 0.4) is 0 Å². The van der Waals surface area contributed by atoms with Gasteiger partial charge in [0.25, 0.3) is 0 Å². The third-order valence-electron chi connectivity index (χ3n) is 4.54. The summed E-state index contributed by atoms with van der Waals surface area (Å²) in [5.74, 6) is 1.01. The summed E-state index contributed by atoms with van der Waals surface area (Å²) in [7, 11) is 0. The predicted molar refractivity (Wildman–Crippen MR) is 118 cm³/mol. The molecule has 0 saturated heterocycles. The van der Waals surface area contributed by atoms with Crippen molar-refractivity contribution in [1.29, 1.82) is 0 Å². The van der Waals surface area contributed by atoms with Gasteiger partial charge >= 0.3 is 5.69 Å². The molecule has 0 bridgehead atoms. The maximum absolute atomic E-state index is 11.8. The van der Waals surface area contributed by atoms with Gasteiger partial charge in [0, 0.05) is 11.4 Å². The number of hydrogen-bond donors (Lipinski definition) is 2. The number of anilines is 4. The first kappa shape index (κ1) is 21.0.